The maximum atomic E-state index is 4.19. The Balaban J connectivity index is 1.93. The highest BCUT2D eigenvalue weighted by molar-refractivity contribution is 5.17. The van der Waals surface area contributed by atoms with E-state index in [0.717, 1.165) is 5.92 Å². The maximum Gasteiger partial charge on any atom is -0.0144 e. The van der Waals surface area contributed by atoms with Gasteiger partial charge in [0.05, 0.1) is 0 Å². The highest BCUT2D eigenvalue weighted by Crippen LogP contribution is 2.42. The van der Waals surface area contributed by atoms with Crippen molar-refractivity contribution in [3.05, 3.63) is 18.1 Å². The van der Waals surface area contributed by atoms with Crippen LogP contribution in [-0.4, -0.2) is 0 Å². The Morgan fingerprint density at radius 3 is 2.25 bits per heavy atom. The molecule has 1 atom stereocenters. The largest absolute Gasteiger partial charge is 0.0996 e. The van der Waals surface area contributed by atoms with E-state index in [0.29, 0.717) is 0 Å². The molecule has 1 unspecified atom stereocenters. The fourth-order valence-electron chi connectivity index (χ4n) is 2.76. The predicted molar refractivity (Wildman–Crippen MR) is 52.8 cm³/mol. The third-order valence-electron chi connectivity index (χ3n) is 3.47. The van der Waals surface area contributed by atoms with Crippen LogP contribution in [0.15, 0.2) is 12.2 Å². The van der Waals surface area contributed by atoms with Gasteiger partial charge in [-0.2, -0.15) is 0 Å². The molecule has 0 spiro atoms. The Morgan fingerprint density at radius 2 is 1.67 bits per heavy atom. The molecule has 0 aromatic heterocycles. The molecule has 0 heterocycles. The molecular formula is C12H19. The van der Waals surface area contributed by atoms with Crippen LogP contribution in [0.25, 0.3) is 0 Å². The fourth-order valence-corrected chi connectivity index (χ4v) is 2.76. The summed E-state index contributed by atoms with van der Waals surface area (Å²) in [6.45, 7) is 4.19. The van der Waals surface area contributed by atoms with Gasteiger partial charge in [-0.05, 0) is 43.9 Å². The van der Waals surface area contributed by atoms with Gasteiger partial charge in [0.2, 0.25) is 0 Å². The molecule has 0 nitrogen and oxygen atoms in total. The van der Waals surface area contributed by atoms with E-state index in [4.69, 9.17) is 0 Å². The number of hydrogen-bond acceptors (Lipinski definition) is 0. The normalized spacial score (nSPS) is 32.7. The van der Waals surface area contributed by atoms with Gasteiger partial charge < -0.3 is 0 Å². The van der Waals surface area contributed by atoms with Crippen molar-refractivity contribution in [2.75, 3.05) is 0 Å². The zero-order valence-corrected chi connectivity index (χ0v) is 7.94. The molecule has 1 radical (unpaired) electrons. The van der Waals surface area contributed by atoms with Gasteiger partial charge in [-0.1, -0.05) is 31.4 Å². The molecule has 0 bridgehead atoms. The summed E-state index contributed by atoms with van der Waals surface area (Å²) in [6.07, 6.45) is 11.3. The lowest BCUT2D eigenvalue weighted by Crippen LogP contribution is -2.13. The minimum atomic E-state index is 0.838. The molecule has 0 aromatic rings. The first-order chi connectivity index (χ1) is 5.88. The van der Waals surface area contributed by atoms with Gasteiger partial charge in [0, 0.05) is 0 Å². The second-order valence-corrected chi connectivity index (χ2v) is 4.32. The lowest BCUT2D eigenvalue weighted by Gasteiger charge is -2.27. The fraction of sp³-hybridized carbons (Fsp3) is 0.750. The molecule has 12 heavy (non-hydrogen) atoms. The summed E-state index contributed by atoms with van der Waals surface area (Å²) in [7, 11) is 0. The van der Waals surface area contributed by atoms with Crippen molar-refractivity contribution in [1.29, 1.82) is 0 Å². The summed E-state index contributed by atoms with van der Waals surface area (Å²) >= 11 is 0. The van der Waals surface area contributed by atoms with Crippen molar-refractivity contribution in [3.8, 4) is 0 Å². The Labute approximate surface area is 76.1 Å². The minimum absolute atomic E-state index is 0.838. The molecule has 67 valence electrons. The standard InChI is InChI=1S/C12H19/c1-10-6-5-9-12(10)11-7-3-2-4-8-11/h12H,1-9H2. The zero-order valence-electron chi connectivity index (χ0n) is 7.94. The Bertz CT molecular complexity index is 163. The molecule has 0 N–H and O–H groups in total. The van der Waals surface area contributed by atoms with Crippen LogP contribution < -0.4 is 0 Å². The summed E-state index contributed by atoms with van der Waals surface area (Å²) in [6, 6.07) is 0. The molecule has 0 aliphatic heterocycles. The van der Waals surface area contributed by atoms with Crippen LogP contribution in [0.3, 0.4) is 0 Å². The Morgan fingerprint density at radius 1 is 0.917 bits per heavy atom. The van der Waals surface area contributed by atoms with Gasteiger partial charge in [0.15, 0.2) is 0 Å². The SMILES string of the molecule is C=C1CCCC1[C]1CCCCC1. The first kappa shape index (κ1) is 8.34. The topological polar surface area (TPSA) is 0 Å². The van der Waals surface area contributed by atoms with Crippen LogP contribution in [0.5, 0.6) is 0 Å². The molecular weight excluding hydrogens is 144 g/mol. The third kappa shape index (κ3) is 1.57. The zero-order chi connectivity index (χ0) is 8.39. The molecule has 2 aliphatic carbocycles. The number of hydrogen-bond donors (Lipinski definition) is 0. The summed E-state index contributed by atoms with van der Waals surface area (Å²) in [4.78, 5) is 0. The molecule has 2 fully saturated rings. The van der Waals surface area contributed by atoms with Gasteiger partial charge in [0.1, 0.15) is 0 Å². The lowest BCUT2D eigenvalue weighted by molar-refractivity contribution is 0.454. The Hall–Kier alpha value is -0.260. The molecule has 0 heteroatoms. The van der Waals surface area contributed by atoms with Gasteiger partial charge >= 0.3 is 0 Å². The molecule has 0 saturated heterocycles. The van der Waals surface area contributed by atoms with Crippen molar-refractivity contribution in [2.45, 2.75) is 51.4 Å². The van der Waals surface area contributed by atoms with E-state index in [-0.39, 0.29) is 0 Å². The van der Waals surface area contributed by atoms with E-state index in [2.05, 4.69) is 6.58 Å². The summed E-state index contributed by atoms with van der Waals surface area (Å²) in [5, 5.41) is 0. The second-order valence-electron chi connectivity index (χ2n) is 4.32. The maximum absolute atomic E-state index is 4.19. The molecule has 2 saturated carbocycles. The van der Waals surface area contributed by atoms with Crippen LogP contribution >= 0.6 is 0 Å². The molecule has 0 aromatic carbocycles. The van der Waals surface area contributed by atoms with Crippen LogP contribution in [0.2, 0.25) is 0 Å². The van der Waals surface area contributed by atoms with Crippen LogP contribution in [0.1, 0.15) is 51.4 Å². The highest BCUT2D eigenvalue weighted by atomic mass is 14.3. The first-order valence-corrected chi connectivity index (χ1v) is 5.40. The molecule has 2 aliphatic rings. The van der Waals surface area contributed by atoms with E-state index in [1.165, 1.54) is 56.9 Å². The van der Waals surface area contributed by atoms with Gasteiger partial charge in [-0.15, -0.1) is 0 Å². The third-order valence-corrected chi connectivity index (χ3v) is 3.47. The van der Waals surface area contributed by atoms with Crippen LogP contribution in [0.4, 0.5) is 0 Å². The first-order valence-electron chi connectivity index (χ1n) is 5.40. The lowest BCUT2D eigenvalue weighted by atomic mass is 9.78. The summed E-state index contributed by atoms with van der Waals surface area (Å²) in [5.41, 5.74) is 1.53. The van der Waals surface area contributed by atoms with Crippen molar-refractivity contribution in [1.82, 2.24) is 0 Å². The monoisotopic (exact) mass is 163 g/mol. The average molecular weight is 163 g/mol. The van der Waals surface area contributed by atoms with Crippen molar-refractivity contribution in [2.24, 2.45) is 5.92 Å². The highest BCUT2D eigenvalue weighted by Gasteiger charge is 2.28. The second kappa shape index (κ2) is 3.64. The average Bonchev–Trinajstić information content (AvgIpc) is 2.53. The summed E-state index contributed by atoms with van der Waals surface area (Å²) in [5.74, 6) is 2.68. The molecule has 0 amide bonds. The van der Waals surface area contributed by atoms with E-state index < -0.39 is 0 Å². The van der Waals surface area contributed by atoms with Crippen LogP contribution in [-0.2, 0) is 0 Å². The molecule has 2 rings (SSSR count). The van der Waals surface area contributed by atoms with E-state index in [9.17, 15) is 0 Å². The minimum Gasteiger partial charge on any atom is -0.0996 e. The smallest absolute Gasteiger partial charge is 0.0144 e. The predicted octanol–water partition coefficient (Wildman–Crippen LogP) is 3.88. The van der Waals surface area contributed by atoms with Gasteiger partial charge in [-0.25, -0.2) is 0 Å². The Kier molecular flexibility index (Phi) is 2.53. The van der Waals surface area contributed by atoms with Crippen LogP contribution in [0, 0.1) is 11.8 Å². The number of rotatable bonds is 1. The van der Waals surface area contributed by atoms with E-state index >= 15 is 0 Å². The van der Waals surface area contributed by atoms with Gasteiger partial charge in [0.25, 0.3) is 0 Å². The van der Waals surface area contributed by atoms with Gasteiger partial charge in [-0.3, -0.25) is 0 Å². The van der Waals surface area contributed by atoms with E-state index in [1.54, 1.807) is 0 Å². The summed E-state index contributed by atoms with van der Waals surface area (Å²) < 4.78 is 0. The van der Waals surface area contributed by atoms with Crippen molar-refractivity contribution in [3.63, 3.8) is 0 Å². The quantitative estimate of drug-likeness (QED) is 0.515. The van der Waals surface area contributed by atoms with Crippen molar-refractivity contribution >= 4 is 0 Å². The number of allylic oxidation sites excluding steroid dienone is 1. The van der Waals surface area contributed by atoms with Crippen molar-refractivity contribution < 1.29 is 0 Å². The van der Waals surface area contributed by atoms with E-state index in [1.807, 2.05) is 5.92 Å².